The first kappa shape index (κ1) is 13.3. The molecule has 2 rings (SSSR count). The lowest BCUT2D eigenvalue weighted by atomic mass is 10.2. The van der Waals surface area contributed by atoms with Crippen LogP contribution < -0.4 is 4.74 Å². The summed E-state index contributed by atoms with van der Waals surface area (Å²) in [6, 6.07) is 8.22. The molecule has 1 aromatic carbocycles. The van der Waals surface area contributed by atoms with Crippen LogP contribution in [-0.4, -0.2) is 9.91 Å². The van der Waals surface area contributed by atoms with Crippen molar-refractivity contribution >= 4 is 17.3 Å². The number of nitro groups is 1. The predicted molar refractivity (Wildman–Crippen MR) is 71.4 cm³/mol. The fourth-order valence-electron chi connectivity index (χ4n) is 1.66. The van der Waals surface area contributed by atoms with E-state index in [1.54, 1.807) is 37.4 Å². The van der Waals surface area contributed by atoms with Crippen LogP contribution >= 0.6 is 11.6 Å². The van der Waals surface area contributed by atoms with Crippen molar-refractivity contribution in [2.45, 2.75) is 13.5 Å². The molecule has 2 aromatic rings. The fourth-order valence-corrected chi connectivity index (χ4v) is 1.85. The molecular weight excluding hydrogens is 268 g/mol. The molecule has 19 heavy (non-hydrogen) atoms. The topological polar surface area (TPSA) is 65.3 Å². The van der Waals surface area contributed by atoms with Crippen molar-refractivity contribution in [3.05, 3.63) is 62.9 Å². The molecule has 0 unspecified atom stereocenters. The number of ether oxygens (including phenoxy) is 1. The molecule has 0 fully saturated rings. The third-order valence-corrected chi connectivity index (χ3v) is 2.77. The number of aromatic nitrogens is 1. The van der Waals surface area contributed by atoms with E-state index in [4.69, 9.17) is 16.3 Å². The highest BCUT2D eigenvalue weighted by atomic mass is 35.5. The zero-order valence-electron chi connectivity index (χ0n) is 10.2. The van der Waals surface area contributed by atoms with Crippen LogP contribution in [0, 0.1) is 17.0 Å². The second-order valence-electron chi connectivity index (χ2n) is 3.96. The Labute approximate surface area is 115 Å². The summed E-state index contributed by atoms with van der Waals surface area (Å²) in [5.74, 6) is 0.278. The van der Waals surface area contributed by atoms with Crippen molar-refractivity contribution in [1.82, 2.24) is 4.98 Å². The van der Waals surface area contributed by atoms with Gasteiger partial charge in [0, 0.05) is 12.3 Å². The molecule has 1 aromatic heterocycles. The summed E-state index contributed by atoms with van der Waals surface area (Å²) in [4.78, 5) is 14.3. The normalized spacial score (nSPS) is 10.2. The monoisotopic (exact) mass is 278 g/mol. The van der Waals surface area contributed by atoms with Crippen molar-refractivity contribution in [3.8, 4) is 5.75 Å². The Kier molecular flexibility index (Phi) is 3.97. The van der Waals surface area contributed by atoms with Crippen molar-refractivity contribution < 1.29 is 9.66 Å². The molecule has 0 saturated carbocycles. The third-order valence-electron chi connectivity index (χ3n) is 2.56. The van der Waals surface area contributed by atoms with Gasteiger partial charge >= 0.3 is 5.69 Å². The third kappa shape index (κ3) is 3.20. The first-order valence-corrected chi connectivity index (χ1v) is 5.93. The molecule has 0 aliphatic carbocycles. The average molecular weight is 279 g/mol. The second kappa shape index (κ2) is 5.67. The standard InChI is InChI=1S/C13H11ClN2O3/c1-9-3-2-4-11(16(17)18)13(9)19-8-10-5-6-15-12(14)7-10/h2-7H,8H2,1H3. The van der Waals surface area contributed by atoms with Gasteiger partial charge in [0.25, 0.3) is 0 Å². The first-order chi connectivity index (χ1) is 9.08. The molecule has 0 atom stereocenters. The average Bonchev–Trinajstić information content (AvgIpc) is 2.37. The molecule has 5 nitrogen and oxygen atoms in total. The SMILES string of the molecule is Cc1cccc([N+](=O)[O-])c1OCc1ccnc(Cl)c1. The summed E-state index contributed by atoms with van der Waals surface area (Å²) in [7, 11) is 0. The van der Waals surface area contributed by atoms with Crippen LogP contribution in [-0.2, 0) is 6.61 Å². The Morgan fingerprint density at radius 2 is 2.21 bits per heavy atom. The van der Waals surface area contributed by atoms with Gasteiger partial charge in [-0.25, -0.2) is 4.98 Å². The Morgan fingerprint density at radius 1 is 1.42 bits per heavy atom. The maximum atomic E-state index is 10.9. The number of pyridine rings is 1. The quantitative estimate of drug-likeness (QED) is 0.487. The molecule has 0 spiro atoms. The molecule has 0 saturated heterocycles. The highest BCUT2D eigenvalue weighted by Crippen LogP contribution is 2.30. The largest absolute Gasteiger partial charge is 0.482 e. The molecule has 6 heteroatoms. The van der Waals surface area contributed by atoms with E-state index in [1.165, 1.54) is 6.07 Å². The molecule has 1 heterocycles. The van der Waals surface area contributed by atoms with Crippen LogP contribution in [0.5, 0.6) is 5.75 Å². The molecular formula is C13H11ClN2O3. The molecule has 0 aliphatic rings. The van der Waals surface area contributed by atoms with Gasteiger partial charge in [0.2, 0.25) is 0 Å². The number of benzene rings is 1. The summed E-state index contributed by atoms with van der Waals surface area (Å²) in [6.07, 6.45) is 1.56. The van der Waals surface area contributed by atoms with Gasteiger partial charge in [0.15, 0.2) is 5.75 Å². The minimum Gasteiger partial charge on any atom is -0.482 e. The molecule has 0 bridgehead atoms. The van der Waals surface area contributed by atoms with Crippen LogP contribution in [0.4, 0.5) is 5.69 Å². The Bertz CT molecular complexity index is 617. The van der Waals surface area contributed by atoms with Crippen LogP contribution in [0.25, 0.3) is 0 Å². The predicted octanol–water partition coefficient (Wildman–Crippen LogP) is 3.53. The summed E-state index contributed by atoms with van der Waals surface area (Å²) in [6.45, 7) is 1.97. The Morgan fingerprint density at radius 3 is 2.89 bits per heavy atom. The minimum atomic E-state index is -0.456. The smallest absolute Gasteiger partial charge is 0.311 e. The lowest BCUT2D eigenvalue weighted by Gasteiger charge is -2.09. The molecule has 0 aliphatic heterocycles. The number of rotatable bonds is 4. The highest BCUT2D eigenvalue weighted by Gasteiger charge is 2.16. The number of hydrogen-bond donors (Lipinski definition) is 0. The first-order valence-electron chi connectivity index (χ1n) is 5.55. The van der Waals surface area contributed by atoms with E-state index >= 15 is 0 Å². The fraction of sp³-hybridized carbons (Fsp3) is 0.154. The van der Waals surface area contributed by atoms with Crippen LogP contribution in [0.3, 0.4) is 0 Å². The van der Waals surface area contributed by atoms with E-state index in [0.717, 1.165) is 5.56 Å². The number of aryl methyl sites for hydroxylation is 1. The van der Waals surface area contributed by atoms with Gasteiger partial charge < -0.3 is 4.74 Å². The van der Waals surface area contributed by atoms with E-state index in [0.29, 0.717) is 10.7 Å². The lowest BCUT2D eigenvalue weighted by molar-refractivity contribution is -0.386. The van der Waals surface area contributed by atoms with Gasteiger partial charge in [0.1, 0.15) is 11.8 Å². The van der Waals surface area contributed by atoms with Gasteiger partial charge in [-0.15, -0.1) is 0 Å². The number of para-hydroxylation sites is 1. The van der Waals surface area contributed by atoms with E-state index in [1.807, 2.05) is 0 Å². The van der Waals surface area contributed by atoms with Crippen molar-refractivity contribution in [1.29, 1.82) is 0 Å². The second-order valence-corrected chi connectivity index (χ2v) is 4.34. The Balaban J connectivity index is 2.22. The summed E-state index contributed by atoms with van der Waals surface area (Å²) < 4.78 is 5.54. The van der Waals surface area contributed by atoms with Gasteiger partial charge in [0.05, 0.1) is 4.92 Å². The van der Waals surface area contributed by atoms with Gasteiger partial charge in [-0.2, -0.15) is 0 Å². The number of halogens is 1. The number of nitrogens with zero attached hydrogens (tertiary/aromatic N) is 2. The highest BCUT2D eigenvalue weighted by molar-refractivity contribution is 6.29. The number of nitro benzene ring substituents is 1. The zero-order chi connectivity index (χ0) is 13.8. The minimum absolute atomic E-state index is 0.0415. The molecule has 0 radical (unpaired) electrons. The summed E-state index contributed by atoms with van der Waals surface area (Å²) in [5.41, 5.74) is 1.48. The molecule has 0 N–H and O–H groups in total. The van der Waals surface area contributed by atoms with Gasteiger partial charge in [-0.05, 0) is 30.2 Å². The van der Waals surface area contributed by atoms with Crippen LogP contribution in [0.2, 0.25) is 5.15 Å². The summed E-state index contributed by atoms with van der Waals surface area (Å²) in [5, 5.41) is 11.3. The Hall–Kier alpha value is -2.14. The maximum Gasteiger partial charge on any atom is 0.311 e. The van der Waals surface area contributed by atoms with E-state index < -0.39 is 4.92 Å². The molecule has 0 amide bonds. The maximum absolute atomic E-state index is 10.9. The van der Waals surface area contributed by atoms with E-state index in [9.17, 15) is 10.1 Å². The van der Waals surface area contributed by atoms with Gasteiger partial charge in [-0.1, -0.05) is 23.7 Å². The lowest BCUT2D eigenvalue weighted by Crippen LogP contribution is -2.01. The van der Waals surface area contributed by atoms with Crippen molar-refractivity contribution in [2.24, 2.45) is 0 Å². The van der Waals surface area contributed by atoms with Crippen molar-refractivity contribution in [2.75, 3.05) is 0 Å². The van der Waals surface area contributed by atoms with Crippen LogP contribution in [0.15, 0.2) is 36.5 Å². The summed E-state index contributed by atoms with van der Waals surface area (Å²) >= 11 is 5.76. The van der Waals surface area contributed by atoms with E-state index in [2.05, 4.69) is 4.98 Å². The number of hydrogen-bond acceptors (Lipinski definition) is 4. The zero-order valence-corrected chi connectivity index (χ0v) is 10.9. The van der Waals surface area contributed by atoms with Gasteiger partial charge in [-0.3, -0.25) is 10.1 Å². The van der Waals surface area contributed by atoms with E-state index in [-0.39, 0.29) is 18.0 Å². The van der Waals surface area contributed by atoms with Crippen LogP contribution in [0.1, 0.15) is 11.1 Å². The van der Waals surface area contributed by atoms with Crippen molar-refractivity contribution in [3.63, 3.8) is 0 Å². The molecule has 98 valence electrons.